The molecule has 0 saturated heterocycles. The number of carbonyl (C=O) groups is 1. The third kappa shape index (κ3) is 2.52. The molecule has 0 unspecified atom stereocenters. The third-order valence-electron chi connectivity index (χ3n) is 3.03. The molecule has 0 bridgehead atoms. The van der Waals surface area contributed by atoms with E-state index in [4.69, 9.17) is 5.73 Å². The van der Waals surface area contributed by atoms with Gasteiger partial charge >= 0.3 is 0 Å². The number of phenols is 1. The number of carbonyl (C=O) groups excluding carboxylic acids is 1. The number of amides is 1. The quantitative estimate of drug-likeness (QED) is 0.723. The summed E-state index contributed by atoms with van der Waals surface area (Å²) in [5.41, 5.74) is 8.69. The fraction of sp³-hybridized carbons (Fsp3) is 0.133. The number of anilines is 2. The van der Waals surface area contributed by atoms with Gasteiger partial charge in [0, 0.05) is 0 Å². The number of hydrogen-bond acceptors (Lipinski definition) is 3. The van der Waals surface area contributed by atoms with Crippen molar-refractivity contribution < 1.29 is 9.90 Å². The number of hydrogen-bond donors (Lipinski definition) is 3. The van der Waals surface area contributed by atoms with Gasteiger partial charge in [0.15, 0.2) is 0 Å². The van der Waals surface area contributed by atoms with Crippen molar-refractivity contribution in [3.8, 4) is 5.75 Å². The maximum Gasteiger partial charge on any atom is 0.259 e. The highest BCUT2D eigenvalue weighted by molar-refractivity contribution is 6.08. The van der Waals surface area contributed by atoms with Crippen molar-refractivity contribution in [1.29, 1.82) is 0 Å². The molecule has 4 nitrogen and oxygen atoms in total. The van der Waals surface area contributed by atoms with Crippen molar-refractivity contribution in [2.24, 2.45) is 0 Å². The van der Waals surface area contributed by atoms with Crippen molar-refractivity contribution in [3.05, 3.63) is 53.1 Å². The molecule has 0 radical (unpaired) electrons. The Morgan fingerprint density at radius 1 is 1.11 bits per heavy atom. The summed E-state index contributed by atoms with van der Waals surface area (Å²) in [5, 5.41) is 12.6. The standard InChI is InChI=1S/C15H16N2O2/c1-9-5-4-8-12(16)13(9)17-15(19)11-7-3-6-10(2)14(11)18/h3-8,18H,16H2,1-2H3,(H,17,19). The number of aryl methyl sites for hydroxylation is 2. The molecule has 98 valence electrons. The van der Waals surface area contributed by atoms with E-state index in [0.717, 1.165) is 5.56 Å². The van der Waals surface area contributed by atoms with Gasteiger partial charge in [0.05, 0.1) is 16.9 Å². The van der Waals surface area contributed by atoms with Crippen LogP contribution < -0.4 is 11.1 Å². The fourth-order valence-corrected chi connectivity index (χ4v) is 1.88. The molecule has 0 fully saturated rings. The minimum Gasteiger partial charge on any atom is -0.507 e. The molecule has 4 N–H and O–H groups in total. The fourth-order valence-electron chi connectivity index (χ4n) is 1.88. The van der Waals surface area contributed by atoms with Gasteiger partial charge in [0.2, 0.25) is 0 Å². The van der Waals surface area contributed by atoms with Crippen LogP contribution in [0.5, 0.6) is 5.75 Å². The van der Waals surface area contributed by atoms with Crippen LogP contribution in [-0.4, -0.2) is 11.0 Å². The van der Waals surface area contributed by atoms with E-state index in [0.29, 0.717) is 16.9 Å². The van der Waals surface area contributed by atoms with Gasteiger partial charge in [-0.15, -0.1) is 0 Å². The maximum absolute atomic E-state index is 12.2. The summed E-state index contributed by atoms with van der Waals surface area (Å²) in [6.45, 7) is 3.61. The predicted molar refractivity (Wildman–Crippen MR) is 76.4 cm³/mol. The second kappa shape index (κ2) is 5.02. The van der Waals surface area contributed by atoms with Crippen molar-refractivity contribution in [2.45, 2.75) is 13.8 Å². The number of para-hydroxylation sites is 2. The van der Waals surface area contributed by atoms with Crippen LogP contribution >= 0.6 is 0 Å². The molecule has 0 spiro atoms. The van der Waals surface area contributed by atoms with Crippen LogP contribution in [0.2, 0.25) is 0 Å². The molecule has 0 heterocycles. The number of benzene rings is 2. The van der Waals surface area contributed by atoms with Gasteiger partial charge in [-0.3, -0.25) is 4.79 Å². The second-order valence-electron chi connectivity index (χ2n) is 4.46. The average molecular weight is 256 g/mol. The Balaban J connectivity index is 2.34. The SMILES string of the molecule is Cc1cccc(C(=O)Nc2c(C)cccc2N)c1O. The highest BCUT2D eigenvalue weighted by Gasteiger charge is 2.14. The van der Waals surface area contributed by atoms with E-state index < -0.39 is 0 Å². The Hall–Kier alpha value is -2.49. The minimum absolute atomic E-state index is 0.00726. The molecule has 2 rings (SSSR count). The van der Waals surface area contributed by atoms with Crippen LogP contribution in [0.1, 0.15) is 21.5 Å². The summed E-state index contributed by atoms with van der Waals surface area (Å²) in [6.07, 6.45) is 0. The van der Waals surface area contributed by atoms with Crippen LogP contribution in [0, 0.1) is 13.8 Å². The number of phenolic OH excluding ortho intramolecular Hbond substituents is 1. The molecule has 0 aliphatic heterocycles. The Morgan fingerprint density at radius 3 is 2.42 bits per heavy atom. The molecule has 0 aromatic heterocycles. The molecule has 0 atom stereocenters. The predicted octanol–water partition coefficient (Wildman–Crippen LogP) is 2.84. The van der Waals surface area contributed by atoms with E-state index in [1.165, 1.54) is 0 Å². The van der Waals surface area contributed by atoms with Gasteiger partial charge in [-0.05, 0) is 37.1 Å². The first kappa shape index (κ1) is 13.0. The van der Waals surface area contributed by atoms with Gasteiger partial charge < -0.3 is 16.2 Å². The molecule has 19 heavy (non-hydrogen) atoms. The van der Waals surface area contributed by atoms with Gasteiger partial charge in [-0.25, -0.2) is 0 Å². The van der Waals surface area contributed by atoms with E-state index in [9.17, 15) is 9.90 Å². The lowest BCUT2D eigenvalue weighted by atomic mass is 10.1. The minimum atomic E-state index is -0.373. The smallest absolute Gasteiger partial charge is 0.259 e. The Morgan fingerprint density at radius 2 is 1.74 bits per heavy atom. The molecular formula is C15H16N2O2. The second-order valence-corrected chi connectivity index (χ2v) is 4.46. The Kier molecular flexibility index (Phi) is 3.42. The van der Waals surface area contributed by atoms with Crippen molar-refractivity contribution in [1.82, 2.24) is 0 Å². The molecule has 4 heteroatoms. The largest absolute Gasteiger partial charge is 0.507 e. The molecule has 0 aliphatic carbocycles. The molecule has 2 aromatic rings. The molecular weight excluding hydrogens is 240 g/mol. The van der Waals surface area contributed by atoms with Crippen molar-refractivity contribution in [3.63, 3.8) is 0 Å². The molecule has 0 saturated carbocycles. The molecule has 0 aliphatic rings. The van der Waals surface area contributed by atoms with Gasteiger partial charge in [0.1, 0.15) is 5.75 Å². The van der Waals surface area contributed by atoms with Crippen LogP contribution in [0.15, 0.2) is 36.4 Å². The van der Waals surface area contributed by atoms with E-state index in [2.05, 4.69) is 5.32 Å². The third-order valence-corrected chi connectivity index (χ3v) is 3.03. The summed E-state index contributed by atoms with van der Waals surface area (Å²) >= 11 is 0. The summed E-state index contributed by atoms with van der Waals surface area (Å²) in [7, 11) is 0. The lowest BCUT2D eigenvalue weighted by Crippen LogP contribution is -2.14. The van der Waals surface area contributed by atoms with Gasteiger partial charge in [-0.2, -0.15) is 0 Å². The zero-order valence-electron chi connectivity index (χ0n) is 10.9. The topological polar surface area (TPSA) is 75.4 Å². The first-order chi connectivity index (χ1) is 9.00. The highest BCUT2D eigenvalue weighted by atomic mass is 16.3. The Labute approximate surface area is 111 Å². The van der Waals surface area contributed by atoms with Crippen LogP contribution in [0.25, 0.3) is 0 Å². The number of nitrogens with one attached hydrogen (secondary N) is 1. The number of nitrogen functional groups attached to an aromatic ring is 1. The summed E-state index contributed by atoms with van der Waals surface area (Å²) in [6, 6.07) is 10.5. The molecule has 1 amide bonds. The van der Waals surface area contributed by atoms with Gasteiger partial charge in [-0.1, -0.05) is 24.3 Å². The van der Waals surface area contributed by atoms with Crippen molar-refractivity contribution in [2.75, 3.05) is 11.1 Å². The van der Waals surface area contributed by atoms with Crippen LogP contribution in [-0.2, 0) is 0 Å². The van der Waals surface area contributed by atoms with Crippen LogP contribution in [0.4, 0.5) is 11.4 Å². The first-order valence-corrected chi connectivity index (χ1v) is 5.95. The summed E-state index contributed by atoms with van der Waals surface area (Å²) in [5.74, 6) is -0.380. The Bertz CT molecular complexity index is 616. The average Bonchev–Trinajstić information content (AvgIpc) is 2.37. The number of aromatic hydroxyl groups is 1. The van der Waals surface area contributed by atoms with Crippen LogP contribution in [0.3, 0.4) is 0 Å². The lowest BCUT2D eigenvalue weighted by molar-refractivity contribution is 0.102. The van der Waals surface area contributed by atoms with Gasteiger partial charge in [0.25, 0.3) is 5.91 Å². The van der Waals surface area contributed by atoms with E-state index in [-0.39, 0.29) is 17.2 Å². The van der Waals surface area contributed by atoms with E-state index >= 15 is 0 Å². The van der Waals surface area contributed by atoms with E-state index in [1.54, 1.807) is 31.2 Å². The summed E-state index contributed by atoms with van der Waals surface area (Å²) in [4.78, 5) is 12.2. The highest BCUT2D eigenvalue weighted by Crippen LogP contribution is 2.26. The normalized spacial score (nSPS) is 10.2. The lowest BCUT2D eigenvalue weighted by Gasteiger charge is -2.12. The monoisotopic (exact) mass is 256 g/mol. The number of nitrogens with two attached hydrogens (primary N) is 1. The summed E-state index contributed by atoms with van der Waals surface area (Å²) < 4.78 is 0. The zero-order chi connectivity index (χ0) is 14.0. The maximum atomic E-state index is 12.2. The first-order valence-electron chi connectivity index (χ1n) is 5.95. The molecule has 2 aromatic carbocycles. The van der Waals surface area contributed by atoms with Crippen molar-refractivity contribution >= 4 is 17.3 Å². The zero-order valence-corrected chi connectivity index (χ0v) is 10.9. The van der Waals surface area contributed by atoms with E-state index in [1.807, 2.05) is 19.1 Å². The number of rotatable bonds is 2.